The molecule has 0 saturated carbocycles. The average molecular weight is 305 g/mol. The molecule has 1 atom stereocenters. The van der Waals surface area contributed by atoms with Crippen LogP contribution >= 0.6 is 0 Å². The zero-order valence-electron chi connectivity index (χ0n) is 13.3. The van der Waals surface area contributed by atoms with Crippen molar-refractivity contribution < 1.29 is 12.6 Å². The third kappa shape index (κ3) is 7.76. The predicted octanol–water partition coefficient (Wildman–Crippen LogP) is 3.57. The summed E-state index contributed by atoms with van der Waals surface area (Å²) in [4.78, 5) is 0. The lowest BCUT2D eigenvalue weighted by Gasteiger charge is -2.31. The first-order valence-electron chi connectivity index (χ1n) is 6.80. The fraction of sp³-hybridized carbons (Fsp3) is 0.857. The summed E-state index contributed by atoms with van der Waals surface area (Å²) in [5.41, 5.74) is 3.33. The Hall–Kier alpha value is -0.313. The SMILES string of the molecule is CCCCC(C#C[Si](C)(C)C(C)(C)C)OS(C)(=O)=O. The van der Waals surface area contributed by atoms with Gasteiger partial charge in [0.15, 0.2) is 0 Å². The Morgan fingerprint density at radius 1 is 1.26 bits per heavy atom. The Kier molecular flexibility index (Phi) is 6.80. The second-order valence-corrected chi connectivity index (χ2v) is 13.2. The molecule has 3 nitrogen and oxygen atoms in total. The third-order valence-electron chi connectivity index (χ3n) is 3.53. The van der Waals surface area contributed by atoms with E-state index in [0.717, 1.165) is 19.1 Å². The van der Waals surface area contributed by atoms with Crippen LogP contribution in [0.4, 0.5) is 0 Å². The van der Waals surface area contributed by atoms with Crippen LogP contribution in [-0.2, 0) is 14.3 Å². The van der Waals surface area contributed by atoms with Crippen molar-refractivity contribution in [2.45, 2.75) is 71.2 Å². The van der Waals surface area contributed by atoms with Crippen LogP contribution in [0.15, 0.2) is 0 Å². The van der Waals surface area contributed by atoms with E-state index in [-0.39, 0.29) is 5.04 Å². The van der Waals surface area contributed by atoms with Crippen molar-refractivity contribution in [1.82, 2.24) is 0 Å². The number of unbranched alkanes of at least 4 members (excludes halogenated alkanes) is 1. The van der Waals surface area contributed by atoms with Gasteiger partial charge in [-0.15, -0.1) is 5.54 Å². The highest BCUT2D eigenvalue weighted by atomic mass is 32.2. The second kappa shape index (κ2) is 6.92. The summed E-state index contributed by atoms with van der Waals surface area (Å²) in [6.45, 7) is 13.0. The van der Waals surface area contributed by atoms with Crippen LogP contribution < -0.4 is 0 Å². The summed E-state index contributed by atoms with van der Waals surface area (Å²) < 4.78 is 27.6. The molecule has 0 amide bonds. The van der Waals surface area contributed by atoms with Crippen LogP contribution in [0.2, 0.25) is 18.1 Å². The Labute approximate surface area is 120 Å². The summed E-state index contributed by atoms with van der Waals surface area (Å²) in [7, 11) is -5.16. The minimum Gasteiger partial charge on any atom is -0.254 e. The maximum absolute atomic E-state index is 11.2. The van der Waals surface area contributed by atoms with Crippen LogP contribution in [0.1, 0.15) is 47.0 Å². The third-order valence-corrected chi connectivity index (χ3v) is 8.63. The molecule has 0 aliphatic rings. The van der Waals surface area contributed by atoms with Gasteiger partial charge >= 0.3 is 0 Å². The molecule has 5 heteroatoms. The van der Waals surface area contributed by atoms with Crippen LogP contribution in [0.25, 0.3) is 0 Å². The van der Waals surface area contributed by atoms with Crippen molar-refractivity contribution >= 4 is 18.2 Å². The monoisotopic (exact) mass is 304 g/mol. The van der Waals surface area contributed by atoms with Crippen LogP contribution in [0.5, 0.6) is 0 Å². The van der Waals surface area contributed by atoms with Gasteiger partial charge in [-0.3, -0.25) is 4.18 Å². The van der Waals surface area contributed by atoms with Crippen molar-refractivity contribution in [3.05, 3.63) is 0 Å². The van der Waals surface area contributed by atoms with Gasteiger partial charge in [-0.2, -0.15) is 8.42 Å². The Morgan fingerprint density at radius 3 is 2.16 bits per heavy atom. The molecular formula is C14H28O3SSi. The summed E-state index contributed by atoms with van der Waals surface area (Å²) in [6.07, 6.45) is 3.19. The predicted molar refractivity (Wildman–Crippen MR) is 84.2 cm³/mol. The van der Waals surface area contributed by atoms with Crippen LogP contribution in [0, 0.1) is 11.5 Å². The van der Waals surface area contributed by atoms with E-state index in [1.807, 2.05) is 0 Å². The second-order valence-electron chi connectivity index (χ2n) is 6.58. The molecule has 0 aromatic heterocycles. The van der Waals surface area contributed by atoms with E-state index in [1.54, 1.807) is 0 Å². The van der Waals surface area contributed by atoms with Crippen LogP contribution in [0.3, 0.4) is 0 Å². The minimum absolute atomic E-state index is 0.167. The fourth-order valence-electron chi connectivity index (χ4n) is 1.19. The fourth-order valence-corrected chi connectivity index (χ4v) is 2.66. The van der Waals surface area contributed by atoms with Crippen LogP contribution in [-0.4, -0.2) is 28.9 Å². The smallest absolute Gasteiger partial charge is 0.254 e. The highest BCUT2D eigenvalue weighted by molar-refractivity contribution is 7.86. The zero-order chi connectivity index (χ0) is 15.3. The number of hydrogen-bond acceptors (Lipinski definition) is 3. The average Bonchev–Trinajstić information content (AvgIpc) is 2.18. The van der Waals surface area contributed by atoms with Gasteiger partial charge in [-0.1, -0.05) is 59.6 Å². The minimum atomic E-state index is -3.44. The molecular weight excluding hydrogens is 276 g/mol. The quantitative estimate of drug-likeness (QED) is 0.443. The molecule has 0 bridgehead atoms. The first-order valence-corrected chi connectivity index (χ1v) is 11.6. The molecule has 0 aromatic rings. The summed E-state index contributed by atoms with van der Waals surface area (Å²) >= 11 is 0. The van der Waals surface area contributed by atoms with Gasteiger partial charge in [0.05, 0.1) is 6.26 Å². The molecule has 0 aromatic carbocycles. The van der Waals surface area contributed by atoms with Gasteiger partial charge < -0.3 is 0 Å². The van der Waals surface area contributed by atoms with E-state index in [9.17, 15) is 8.42 Å². The Bertz CT molecular complexity index is 436. The van der Waals surface area contributed by atoms with Gasteiger partial charge in [0, 0.05) is 0 Å². The normalized spacial score (nSPS) is 14.7. The standard InChI is InChI=1S/C14H28O3SSi/c1-8-9-10-13(17-18(5,15)16)11-12-19(6,7)14(2,3)4/h13H,8-10H2,1-7H3. The lowest BCUT2D eigenvalue weighted by atomic mass is 10.2. The maximum atomic E-state index is 11.2. The van der Waals surface area contributed by atoms with E-state index in [0.29, 0.717) is 6.42 Å². The van der Waals surface area contributed by atoms with E-state index >= 15 is 0 Å². The van der Waals surface area contributed by atoms with E-state index in [1.165, 1.54) is 0 Å². The molecule has 1 unspecified atom stereocenters. The largest absolute Gasteiger partial charge is 0.265 e. The number of hydrogen-bond donors (Lipinski definition) is 0. The highest BCUT2D eigenvalue weighted by Crippen LogP contribution is 2.35. The van der Waals surface area contributed by atoms with Gasteiger partial charge in [0.25, 0.3) is 10.1 Å². The molecule has 0 radical (unpaired) electrons. The van der Waals surface area contributed by atoms with E-state index in [2.05, 4.69) is 52.3 Å². The van der Waals surface area contributed by atoms with Crippen molar-refractivity contribution in [2.24, 2.45) is 0 Å². The Balaban J connectivity index is 5.02. The highest BCUT2D eigenvalue weighted by Gasteiger charge is 2.33. The van der Waals surface area contributed by atoms with Gasteiger partial charge in [-0.05, 0) is 11.5 Å². The molecule has 0 aliphatic carbocycles. The van der Waals surface area contributed by atoms with E-state index in [4.69, 9.17) is 4.18 Å². The zero-order valence-corrected chi connectivity index (χ0v) is 15.1. The molecule has 112 valence electrons. The molecule has 0 rings (SSSR count). The molecule has 0 fully saturated rings. The first-order chi connectivity index (χ1) is 8.39. The molecule has 0 spiro atoms. The summed E-state index contributed by atoms with van der Waals surface area (Å²) in [5, 5.41) is 0.167. The number of rotatable bonds is 5. The van der Waals surface area contributed by atoms with Gasteiger partial charge in [-0.25, -0.2) is 0 Å². The van der Waals surface area contributed by atoms with Crippen molar-refractivity contribution in [3.8, 4) is 11.5 Å². The summed E-state index contributed by atoms with van der Waals surface area (Å²) in [6, 6.07) is 0. The Morgan fingerprint density at radius 2 is 1.79 bits per heavy atom. The molecule has 0 heterocycles. The van der Waals surface area contributed by atoms with Crippen molar-refractivity contribution in [1.29, 1.82) is 0 Å². The lowest BCUT2D eigenvalue weighted by Crippen LogP contribution is -2.36. The molecule has 19 heavy (non-hydrogen) atoms. The van der Waals surface area contributed by atoms with Gasteiger partial charge in [0.1, 0.15) is 14.2 Å². The maximum Gasteiger partial charge on any atom is 0.265 e. The van der Waals surface area contributed by atoms with Crippen molar-refractivity contribution in [3.63, 3.8) is 0 Å². The topological polar surface area (TPSA) is 43.4 Å². The molecule has 0 aliphatic heterocycles. The molecule has 0 saturated heterocycles. The first kappa shape index (κ1) is 18.7. The summed E-state index contributed by atoms with van der Waals surface area (Å²) in [5.74, 6) is 3.07. The lowest BCUT2D eigenvalue weighted by molar-refractivity contribution is 0.252. The van der Waals surface area contributed by atoms with Gasteiger partial charge in [0.2, 0.25) is 0 Å². The molecule has 0 N–H and O–H groups in total. The van der Waals surface area contributed by atoms with E-state index < -0.39 is 24.3 Å². The van der Waals surface area contributed by atoms with Crippen molar-refractivity contribution in [2.75, 3.05) is 6.26 Å².